The minimum atomic E-state index is -0.304. The maximum Gasteiger partial charge on any atom is 0.162 e. The van der Waals surface area contributed by atoms with Crippen molar-refractivity contribution in [3.05, 3.63) is 29.8 Å². The zero-order valence-corrected chi connectivity index (χ0v) is 13.0. The first-order chi connectivity index (χ1) is 9.23. The first kappa shape index (κ1) is 15.0. The van der Waals surface area contributed by atoms with Crippen molar-refractivity contribution in [1.29, 1.82) is 0 Å². The Balaban J connectivity index is 2.09. The summed E-state index contributed by atoms with van der Waals surface area (Å²) in [5, 5.41) is 0. The van der Waals surface area contributed by atoms with Gasteiger partial charge in [-0.05, 0) is 52.0 Å². The summed E-state index contributed by atoms with van der Waals surface area (Å²) < 4.78 is 12.1. The lowest BCUT2D eigenvalue weighted by Gasteiger charge is -2.27. The predicted molar refractivity (Wildman–Crippen MR) is 79.3 cm³/mol. The lowest BCUT2D eigenvalue weighted by atomic mass is 9.97. The van der Waals surface area contributed by atoms with E-state index in [0.29, 0.717) is 6.42 Å². The summed E-state index contributed by atoms with van der Waals surface area (Å²) in [7, 11) is 0. The number of carbonyl (C=O) groups is 1. The molecular formula is C17H24O3. The molecule has 1 atom stereocenters. The van der Waals surface area contributed by atoms with Gasteiger partial charge in [0.2, 0.25) is 0 Å². The van der Waals surface area contributed by atoms with Gasteiger partial charge in [-0.3, -0.25) is 4.79 Å². The molecule has 1 aliphatic heterocycles. The second kappa shape index (κ2) is 5.21. The highest BCUT2D eigenvalue weighted by atomic mass is 16.6. The summed E-state index contributed by atoms with van der Waals surface area (Å²) in [4.78, 5) is 11.6. The van der Waals surface area contributed by atoms with Gasteiger partial charge in [-0.1, -0.05) is 6.92 Å². The Hall–Kier alpha value is -1.35. The topological polar surface area (TPSA) is 35.5 Å². The molecule has 1 saturated heterocycles. The van der Waals surface area contributed by atoms with Gasteiger partial charge in [-0.15, -0.1) is 0 Å². The number of carbonyl (C=O) groups excluding carboxylic acids is 1. The van der Waals surface area contributed by atoms with Gasteiger partial charge in [0.1, 0.15) is 17.5 Å². The maximum atomic E-state index is 11.6. The first-order valence-electron chi connectivity index (χ1n) is 7.23. The van der Waals surface area contributed by atoms with E-state index in [1.54, 1.807) is 0 Å². The van der Waals surface area contributed by atoms with Crippen molar-refractivity contribution in [3.8, 4) is 5.75 Å². The van der Waals surface area contributed by atoms with Crippen LogP contribution in [0.4, 0.5) is 0 Å². The summed E-state index contributed by atoms with van der Waals surface area (Å²) in [5.74, 6) is 0.944. The van der Waals surface area contributed by atoms with Crippen molar-refractivity contribution < 1.29 is 14.3 Å². The molecule has 1 aromatic carbocycles. The minimum absolute atomic E-state index is 0.0187. The summed E-state index contributed by atoms with van der Waals surface area (Å²) in [6.45, 7) is 10.2. The van der Waals surface area contributed by atoms with Crippen LogP contribution in [-0.4, -0.2) is 23.1 Å². The van der Waals surface area contributed by atoms with Crippen molar-refractivity contribution in [2.75, 3.05) is 0 Å². The van der Waals surface area contributed by atoms with E-state index in [9.17, 15) is 4.79 Å². The molecule has 0 radical (unpaired) electrons. The monoisotopic (exact) mass is 276 g/mol. The first-order valence-corrected chi connectivity index (χ1v) is 7.23. The zero-order valence-electron chi connectivity index (χ0n) is 13.0. The van der Waals surface area contributed by atoms with E-state index in [0.717, 1.165) is 17.7 Å². The van der Waals surface area contributed by atoms with Crippen LogP contribution in [0.2, 0.25) is 0 Å². The molecule has 1 heterocycles. The summed E-state index contributed by atoms with van der Waals surface area (Å²) in [5.41, 5.74) is 0.273. The largest absolute Gasteiger partial charge is 0.487 e. The molecule has 2 rings (SSSR count). The fraction of sp³-hybridized carbons (Fsp3) is 0.588. The normalized spacial score (nSPS) is 23.6. The van der Waals surface area contributed by atoms with Crippen LogP contribution >= 0.6 is 0 Å². The standard InChI is InChI=1S/C17H24O3/c1-6-14(18)12-7-9-13(10-8-12)19-15-11-16(2,3)20-17(15,4)5/h7-10,15H,6,11H2,1-5H3. The predicted octanol–water partition coefficient (Wildman–Crippen LogP) is 4.00. The van der Waals surface area contributed by atoms with Gasteiger partial charge in [0.05, 0.1) is 5.60 Å². The molecular weight excluding hydrogens is 252 g/mol. The third-order valence-electron chi connectivity index (χ3n) is 3.77. The number of hydrogen-bond acceptors (Lipinski definition) is 3. The number of Topliss-reactive ketones (excluding diaryl/α,β-unsaturated/α-hetero) is 1. The molecule has 1 aromatic rings. The molecule has 0 aliphatic carbocycles. The quantitative estimate of drug-likeness (QED) is 0.780. The number of rotatable bonds is 4. The van der Waals surface area contributed by atoms with E-state index in [1.165, 1.54) is 0 Å². The molecule has 1 aliphatic rings. The molecule has 0 spiro atoms. The molecule has 110 valence electrons. The van der Waals surface area contributed by atoms with Crippen molar-refractivity contribution >= 4 is 5.78 Å². The number of hydrogen-bond donors (Lipinski definition) is 0. The molecule has 1 unspecified atom stereocenters. The molecule has 3 heteroatoms. The van der Waals surface area contributed by atoms with Gasteiger partial charge in [-0.2, -0.15) is 0 Å². The Morgan fingerprint density at radius 1 is 1.25 bits per heavy atom. The Labute approximate surface area is 121 Å². The highest BCUT2D eigenvalue weighted by Crippen LogP contribution is 2.39. The van der Waals surface area contributed by atoms with E-state index in [4.69, 9.17) is 9.47 Å². The fourth-order valence-corrected chi connectivity index (χ4v) is 2.78. The zero-order chi connectivity index (χ0) is 15.0. The van der Waals surface area contributed by atoms with Crippen molar-refractivity contribution in [2.24, 2.45) is 0 Å². The van der Waals surface area contributed by atoms with E-state index in [2.05, 4.69) is 27.7 Å². The lowest BCUT2D eigenvalue weighted by Crippen LogP contribution is -2.36. The molecule has 20 heavy (non-hydrogen) atoms. The van der Waals surface area contributed by atoms with Crippen LogP contribution in [0.15, 0.2) is 24.3 Å². The second-order valence-electron chi connectivity index (χ2n) is 6.58. The fourth-order valence-electron chi connectivity index (χ4n) is 2.78. The molecule has 0 aromatic heterocycles. The third kappa shape index (κ3) is 3.21. The van der Waals surface area contributed by atoms with E-state index >= 15 is 0 Å². The SMILES string of the molecule is CCC(=O)c1ccc(OC2CC(C)(C)OC2(C)C)cc1. The van der Waals surface area contributed by atoms with Gasteiger partial charge in [-0.25, -0.2) is 0 Å². The molecule has 0 saturated carbocycles. The van der Waals surface area contributed by atoms with E-state index < -0.39 is 0 Å². The highest BCUT2D eigenvalue weighted by molar-refractivity contribution is 5.95. The smallest absolute Gasteiger partial charge is 0.162 e. The number of ketones is 1. The third-order valence-corrected chi connectivity index (χ3v) is 3.77. The van der Waals surface area contributed by atoms with E-state index in [-0.39, 0.29) is 23.1 Å². The van der Waals surface area contributed by atoms with Gasteiger partial charge in [0.15, 0.2) is 5.78 Å². The van der Waals surface area contributed by atoms with Gasteiger partial charge in [0, 0.05) is 18.4 Å². The minimum Gasteiger partial charge on any atom is -0.487 e. The van der Waals surface area contributed by atoms with Gasteiger partial charge in [0.25, 0.3) is 0 Å². The Kier molecular flexibility index (Phi) is 3.92. The summed E-state index contributed by atoms with van der Waals surface area (Å²) in [6, 6.07) is 7.39. The summed E-state index contributed by atoms with van der Waals surface area (Å²) >= 11 is 0. The number of benzene rings is 1. The Morgan fingerprint density at radius 3 is 2.30 bits per heavy atom. The average molecular weight is 276 g/mol. The molecule has 0 N–H and O–H groups in total. The maximum absolute atomic E-state index is 11.6. The Bertz CT molecular complexity index is 485. The molecule has 3 nitrogen and oxygen atoms in total. The highest BCUT2D eigenvalue weighted by Gasteiger charge is 2.47. The van der Waals surface area contributed by atoms with Crippen LogP contribution in [0, 0.1) is 0 Å². The Morgan fingerprint density at radius 2 is 1.85 bits per heavy atom. The van der Waals surface area contributed by atoms with Crippen molar-refractivity contribution in [1.82, 2.24) is 0 Å². The van der Waals surface area contributed by atoms with Crippen LogP contribution < -0.4 is 4.74 Å². The molecule has 1 fully saturated rings. The van der Waals surface area contributed by atoms with Crippen molar-refractivity contribution in [3.63, 3.8) is 0 Å². The van der Waals surface area contributed by atoms with Crippen LogP contribution in [-0.2, 0) is 4.74 Å². The van der Waals surface area contributed by atoms with Crippen LogP contribution in [0.25, 0.3) is 0 Å². The van der Waals surface area contributed by atoms with Gasteiger partial charge < -0.3 is 9.47 Å². The number of ether oxygens (including phenoxy) is 2. The molecule has 0 amide bonds. The van der Waals surface area contributed by atoms with Crippen LogP contribution in [0.5, 0.6) is 5.75 Å². The van der Waals surface area contributed by atoms with Crippen molar-refractivity contribution in [2.45, 2.75) is 64.8 Å². The lowest BCUT2D eigenvalue weighted by molar-refractivity contribution is -0.0846. The average Bonchev–Trinajstić information content (AvgIpc) is 2.57. The van der Waals surface area contributed by atoms with E-state index in [1.807, 2.05) is 31.2 Å². The van der Waals surface area contributed by atoms with Gasteiger partial charge >= 0.3 is 0 Å². The molecule has 0 bridgehead atoms. The van der Waals surface area contributed by atoms with Crippen LogP contribution in [0.3, 0.4) is 0 Å². The van der Waals surface area contributed by atoms with Crippen LogP contribution in [0.1, 0.15) is 57.8 Å². The second-order valence-corrected chi connectivity index (χ2v) is 6.58. The summed E-state index contributed by atoms with van der Waals surface area (Å²) in [6.07, 6.45) is 1.40.